The highest BCUT2D eigenvalue weighted by molar-refractivity contribution is 7.80. The zero-order valence-corrected chi connectivity index (χ0v) is 8.96. The van der Waals surface area contributed by atoms with Gasteiger partial charge in [0.15, 0.2) is 5.82 Å². The highest BCUT2D eigenvalue weighted by Crippen LogP contribution is 2.20. The molecule has 0 amide bonds. The van der Waals surface area contributed by atoms with E-state index in [0.717, 1.165) is 11.5 Å². The van der Waals surface area contributed by atoms with Gasteiger partial charge in [0.2, 0.25) is 0 Å². The van der Waals surface area contributed by atoms with Crippen molar-refractivity contribution >= 4 is 17.2 Å². The van der Waals surface area contributed by atoms with Crippen LogP contribution in [0, 0.1) is 5.82 Å². The van der Waals surface area contributed by atoms with Crippen LogP contribution in [0.5, 0.6) is 0 Å². The van der Waals surface area contributed by atoms with E-state index in [1.54, 1.807) is 17.0 Å². The van der Waals surface area contributed by atoms with Crippen molar-refractivity contribution in [3.8, 4) is 5.69 Å². The zero-order valence-electron chi connectivity index (χ0n) is 8.14. The molecular formula is C10H7FN4S. The van der Waals surface area contributed by atoms with E-state index in [2.05, 4.69) is 15.5 Å². The van der Waals surface area contributed by atoms with Crippen LogP contribution in [0.4, 0.5) is 4.39 Å². The number of nitrogens with zero attached hydrogens (tertiary/aromatic N) is 3. The number of hydrogen-bond acceptors (Lipinski definition) is 3. The Balaban J connectivity index is 2.31. The van der Waals surface area contributed by atoms with Gasteiger partial charge in [-0.1, -0.05) is 12.2 Å². The maximum absolute atomic E-state index is 13.2. The summed E-state index contributed by atoms with van der Waals surface area (Å²) in [5.74, 6) is 0.451. The van der Waals surface area contributed by atoms with E-state index < -0.39 is 0 Å². The number of fused-ring (bicyclic) bond motifs is 3. The van der Waals surface area contributed by atoms with Crippen LogP contribution in [-0.4, -0.2) is 19.8 Å². The van der Waals surface area contributed by atoms with Gasteiger partial charge in [-0.15, -0.1) is 10.2 Å². The van der Waals surface area contributed by atoms with Crippen molar-refractivity contribution in [1.29, 1.82) is 0 Å². The lowest BCUT2D eigenvalue weighted by Gasteiger charge is -2.07. The summed E-state index contributed by atoms with van der Waals surface area (Å²) in [6, 6.07) is 4.49. The predicted molar refractivity (Wildman–Crippen MR) is 59.9 cm³/mol. The fraction of sp³-hybridized carbons (Fsp3) is 0.100. The zero-order chi connectivity index (χ0) is 11.1. The quantitative estimate of drug-likeness (QED) is 0.695. The van der Waals surface area contributed by atoms with Crippen LogP contribution in [-0.2, 0) is 6.54 Å². The maximum Gasteiger partial charge on any atom is 0.156 e. The Morgan fingerprint density at radius 1 is 1.44 bits per heavy atom. The summed E-state index contributed by atoms with van der Waals surface area (Å²) in [4.78, 5) is 0.528. The number of thiocarbonyl (C=S) groups is 1. The smallest absolute Gasteiger partial charge is 0.156 e. The van der Waals surface area contributed by atoms with E-state index in [-0.39, 0.29) is 5.82 Å². The first-order valence-corrected chi connectivity index (χ1v) is 5.13. The van der Waals surface area contributed by atoms with E-state index in [1.807, 2.05) is 0 Å². The molecule has 80 valence electrons. The third-order valence-corrected chi connectivity index (χ3v) is 2.85. The molecule has 1 aromatic carbocycles. The number of hydrogen-bond donors (Lipinski definition) is 1. The number of halogens is 1. The standard InChI is InChI=1S/C10H7FN4S/c11-6-1-2-8-7(3-6)10(16)12-4-9-14-13-5-15(8)9/h1-3,5H,4H2,(H,12,16). The highest BCUT2D eigenvalue weighted by Gasteiger charge is 2.18. The minimum Gasteiger partial charge on any atom is -0.368 e. The van der Waals surface area contributed by atoms with Gasteiger partial charge in [0.25, 0.3) is 0 Å². The van der Waals surface area contributed by atoms with Crippen LogP contribution in [0.3, 0.4) is 0 Å². The van der Waals surface area contributed by atoms with Crippen molar-refractivity contribution in [3.63, 3.8) is 0 Å². The first-order chi connectivity index (χ1) is 7.75. The van der Waals surface area contributed by atoms with Gasteiger partial charge in [-0.3, -0.25) is 4.57 Å². The third kappa shape index (κ3) is 1.30. The van der Waals surface area contributed by atoms with Gasteiger partial charge in [0, 0.05) is 5.56 Å². The summed E-state index contributed by atoms with van der Waals surface area (Å²) >= 11 is 5.18. The maximum atomic E-state index is 13.2. The molecule has 3 rings (SSSR count). The van der Waals surface area contributed by atoms with Gasteiger partial charge in [-0.25, -0.2) is 4.39 Å². The van der Waals surface area contributed by atoms with Crippen molar-refractivity contribution in [3.05, 3.63) is 41.7 Å². The Kier molecular flexibility index (Phi) is 1.97. The molecule has 0 bridgehead atoms. The van der Waals surface area contributed by atoms with E-state index >= 15 is 0 Å². The summed E-state index contributed by atoms with van der Waals surface area (Å²) in [5, 5.41) is 10.8. The van der Waals surface area contributed by atoms with Crippen molar-refractivity contribution in [2.45, 2.75) is 6.54 Å². The van der Waals surface area contributed by atoms with Gasteiger partial charge in [0.05, 0.1) is 12.2 Å². The fourth-order valence-corrected chi connectivity index (χ4v) is 1.97. The molecule has 0 saturated carbocycles. The molecule has 1 aromatic heterocycles. The molecule has 4 nitrogen and oxygen atoms in total. The molecule has 16 heavy (non-hydrogen) atoms. The highest BCUT2D eigenvalue weighted by atomic mass is 32.1. The van der Waals surface area contributed by atoms with Crippen molar-refractivity contribution in [1.82, 2.24) is 20.1 Å². The molecule has 1 aliphatic rings. The molecule has 0 atom stereocenters. The minimum atomic E-state index is -0.306. The lowest BCUT2D eigenvalue weighted by Crippen LogP contribution is -2.20. The van der Waals surface area contributed by atoms with Crippen LogP contribution >= 0.6 is 12.2 Å². The van der Waals surface area contributed by atoms with Gasteiger partial charge in [0.1, 0.15) is 17.1 Å². The first-order valence-electron chi connectivity index (χ1n) is 4.73. The predicted octanol–water partition coefficient (Wildman–Crippen LogP) is 1.19. The van der Waals surface area contributed by atoms with E-state index in [9.17, 15) is 4.39 Å². The van der Waals surface area contributed by atoms with E-state index in [0.29, 0.717) is 17.1 Å². The SMILES string of the molecule is Fc1ccc2c(c1)C(=S)NCc1nncn1-2. The molecule has 6 heteroatoms. The van der Waals surface area contributed by atoms with E-state index in [1.165, 1.54) is 12.1 Å². The van der Waals surface area contributed by atoms with Crippen LogP contribution < -0.4 is 5.32 Å². The van der Waals surface area contributed by atoms with Crippen molar-refractivity contribution in [2.24, 2.45) is 0 Å². The van der Waals surface area contributed by atoms with E-state index in [4.69, 9.17) is 12.2 Å². The average Bonchev–Trinajstić information content (AvgIpc) is 2.69. The molecule has 0 aliphatic carbocycles. The Labute approximate surface area is 96.1 Å². The Bertz CT molecular complexity index is 578. The average molecular weight is 234 g/mol. The Morgan fingerprint density at radius 3 is 3.19 bits per heavy atom. The fourth-order valence-electron chi connectivity index (χ4n) is 1.74. The number of benzene rings is 1. The second-order valence-electron chi connectivity index (χ2n) is 3.46. The van der Waals surface area contributed by atoms with Gasteiger partial charge in [-0.05, 0) is 18.2 Å². The molecule has 2 aromatic rings. The summed E-state index contributed by atoms with van der Waals surface area (Å²) in [7, 11) is 0. The minimum absolute atomic E-state index is 0.306. The Morgan fingerprint density at radius 2 is 2.31 bits per heavy atom. The van der Waals surface area contributed by atoms with Crippen molar-refractivity contribution < 1.29 is 4.39 Å². The molecule has 0 unspecified atom stereocenters. The van der Waals surface area contributed by atoms with Gasteiger partial charge < -0.3 is 5.32 Å². The largest absolute Gasteiger partial charge is 0.368 e. The summed E-state index contributed by atoms with van der Waals surface area (Å²) in [5.41, 5.74) is 1.46. The molecule has 0 fully saturated rings. The van der Waals surface area contributed by atoms with Crippen LogP contribution in [0.2, 0.25) is 0 Å². The summed E-state index contributed by atoms with van der Waals surface area (Å²) in [6.45, 7) is 0.495. The van der Waals surface area contributed by atoms with Gasteiger partial charge in [-0.2, -0.15) is 0 Å². The van der Waals surface area contributed by atoms with Crippen LogP contribution in [0.1, 0.15) is 11.4 Å². The molecular weight excluding hydrogens is 227 g/mol. The Hall–Kier alpha value is -1.82. The molecule has 0 spiro atoms. The molecule has 1 N–H and O–H groups in total. The van der Waals surface area contributed by atoms with Crippen LogP contribution in [0.25, 0.3) is 5.69 Å². The lowest BCUT2D eigenvalue weighted by atomic mass is 10.1. The molecule has 2 heterocycles. The number of nitrogens with one attached hydrogen (secondary N) is 1. The summed E-state index contributed by atoms with van der Waals surface area (Å²) < 4.78 is 15.0. The molecule has 0 saturated heterocycles. The topological polar surface area (TPSA) is 42.7 Å². The lowest BCUT2D eigenvalue weighted by molar-refractivity contribution is 0.627. The summed E-state index contributed by atoms with van der Waals surface area (Å²) in [6.07, 6.45) is 1.60. The normalized spacial score (nSPS) is 13.7. The second kappa shape index (κ2) is 3.34. The monoisotopic (exact) mass is 234 g/mol. The number of aromatic nitrogens is 3. The number of rotatable bonds is 0. The van der Waals surface area contributed by atoms with Crippen LogP contribution in [0.15, 0.2) is 24.5 Å². The van der Waals surface area contributed by atoms with Gasteiger partial charge >= 0.3 is 0 Å². The molecule has 0 radical (unpaired) electrons. The first kappa shape index (κ1) is 9.41. The third-order valence-electron chi connectivity index (χ3n) is 2.49. The molecule has 1 aliphatic heterocycles. The second-order valence-corrected chi connectivity index (χ2v) is 3.87. The van der Waals surface area contributed by atoms with Crippen molar-refractivity contribution in [2.75, 3.05) is 0 Å².